The van der Waals surface area contributed by atoms with Crippen molar-refractivity contribution in [3.63, 3.8) is 0 Å². The number of carbonyl (C=O) groups is 1. The van der Waals surface area contributed by atoms with Gasteiger partial charge in [-0.3, -0.25) is 4.79 Å². The summed E-state index contributed by atoms with van der Waals surface area (Å²) >= 11 is 0. The zero-order valence-corrected chi connectivity index (χ0v) is 18.8. The number of halogens is 2. The van der Waals surface area contributed by atoms with E-state index >= 15 is 0 Å². The van der Waals surface area contributed by atoms with Crippen LogP contribution in [0.2, 0.25) is 0 Å². The van der Waals surface area contributed by atoms with Crippen LogP contribution in [0.15, 0.2) is 72.8 Å². The Kier molecular flexibility index (Phi) is 5.92. The highest BCUT2D eigenvalue weighted by Crippen LogP contribution is 2.32. The number of amides is 1. The van der Waals surface area contributed by atoms with Crippen molar-refractivity contribution in [2.45, 2.75) is 19.4 Å². The average Bonchev–Trinajstić information content (AvgIpc) is 2.85. The van der Waals surface area contributed by atoms with Gasteiger partial charge in [0.05, 0.1) is 6.42 Å². The highest BCUT2D eigenvalue weighted by atomic mass is 19.1. The highest BCUT2D eigenvalue weighted by molar-refractivity contribution is 6.00. The van der Waals surface area contributed by atoms with E-state index in [9.17, 15) is 13.6 Å². The van der Waals surface area contributed by atoms with Crippen molar-refractivity contribution < 1.29 is 13.6 Å². The summed E-state index contributed by atoms with van der Waals surface area (Å²) in [6, 6.07) is 21.3. The summed E-state index contributed by atoms with van der Waals surface area (Å²) in [5.74, 6) is -0.728. The van der Waals surface area contributed by atoms with Gasteiger partial charge in [0.1, 0.15) is 17.3 Å². The molecule has 1 amide bonds. The highest BCUT2D eigenvalue weighted by Gasteiger charge is 2.29. The van der Waals surface area contributed by atoms with Crippen molar-refractivity contribution in [1.29, 1.82) is 0 Å². The van der Waals surface area contributed by atoms with E-state index in [0.29, 0.717) is 19.6 Å². The molecular formula is C27H24F2N4O. The molecule has 0 unspecified atom stereocenters. The molecule has 0 aliphatic carbocycles. The van der Waals surface area contributed by atoms with Gasteiger partial charge in [-0.05, 0) is 18.6 Å². The largest absolute Gasteiger partial charge is 0.351 e. The van der Waals surface area contributed by atoms with E-state index in [1.807, 2.05) is 55.5 Å². The van der Waals surface area contributed by atoms with Crippen LogP contribution in [0.4, 0.5) is 14.6 Å². The Labute approximate surface area is 196 Å². The van der Waals surface area contributed by atoms with Gasteiger partial charge in [-0.15, -0.1) is 10.2 Å². The fourth-order valence-electron chi connectivity index (χ4n) is 4.58. The van der Waals surface area contributed by atoms with Crippen molar-refractivity contribution >= 4 is 22.5 Å². The van der Waals surface area contributed by atoms with E-state index in [0.717, 1.165) is 33.9 Å². The van der Waals surface area contributed by atoms with Crippen LogP contribution in [0.5, 0.6) is 0 Å². The number of rotatable bonds is 4. The van der Waals surface area contributed by atoms with E-state index < -0.39 is 11.6 Å². The summed E-state index contributed by atoms with van der Waals surface area (Å²) < 4.78 is 27.2. The summed E-state index contributed by atoms with van der Waals surface area (Å²) in [5.41, 5.74) is 2.05. The number of nitrogens with zero attached hydrogens (tertiary/aromatic N) is 4. The molecule has 0 bridgehead atoms. The molecule has 34 heavy (non-hydrogen) atoms. The molecule has 0 saturated carbocycles. The minimum Gasteiger partial charge on any atom is -0.351 e. The monoisotopic (exact) mass is 458 g/mol. The number of hydrogen-bond donors (Lipinski definition) is 0. The van der Waals surface area contributed by atoms with E-state index in [1.54, 1.807) is 4.90 Å². The van der Waals surface area contributed by atoms with Crippen molar-refractivity contribution in [1.82, 2.24) is 15.1 Å². The van der Waals surface area contributed by atoms with E-state index in [4.69, 9.17) is 0 Å². The lowest BCUT2D eigenvalue weighted by molar-refractivity contribution is -0.132. The number of hydrogen-bond acceptors (Lipinski definition) is 4. The standard InChI is InChI=1S/C27H24F2N4O/c1-18-17-32(13-14-33(18)25(34)15-20-11-12-21(28)16-24(20)29)27-23-10-6-5-9-22(23)26(30-31-27)19-7-3-2-4-8-19/h2-12,16,18H,13-15,17H2,1H3/t18-/m0/s1. The third-order valence-electron chi connectivity index (χ3n) is 6.32. The van der Waals surface area contributed by atoms with Gasteiger partial charge in [-0.1, -0.05) is 60.7 Å². The maximum Gasteiger partial charge on any atom is 0.227 e. The van der Waals surface area contributed by atoms with Crippen LogP contribution in [-0.4, -0.2) is 46.7 Å². The Balaban J connectivity index is 1.37. The van der Waals surface area contributed by atoms with Crippen LogP contribution in [0.25, 0.3) is 22.0 Å². The van der Waals surface area contributed by atoms with E-state index in [1.165, 1.54) is 12.1 Å². The van der Waals surface area contributed by atoms with Crippen LogP contribution in [0.1, 0.15) is 12.5 Å². The van der Waals surface area contributed by atoms with Crippen molar-refractivity contribution in [2.75, 3.05) is 24.5 Å². The molecule has 4 aromatic rings. The predicted molar refractivity (Wildman–Crippen MR) is 128 cm³/mol. The van der Waals surface area contributed by atoms with Gasteiger partial charge in [-0.2, -0.15) is 0 Å². The lowest BCUT2D eigenvalue weighted by Gasteiger charge is -2.40. The minimum atomic E-state index is -0.695. The van der Waals surface area contributed by atoms with Crippen molar-refractivity contribution in [2.24, 2.45) is 0 Å². The number of piperazine rings is 1. The average molecular weight is 459 g/mol. The second-order valence-electron chi connectivity index (χ2n) is 8.58. The van der Waals surface area contributed by atoms with Crippen LogP contribution in [0, 0.1) is 11.6 Å². The molecule has 1 aliphatic rings. The molecule has 1 fully saturated rings. The molecule has 172 valence electrons. The topological polar surface area (TPSA) is 49.3 Å². The summed E-state index contributed by atoms with van der Waals surface area (Å²) in [4.78, 5) is 16.8. The van der Waals surface area contributed by atoms with Gasteiger partial charge in [0.15, 0.2) is 5.82 Å². The molecule has 0 spiro atoms. The number of carbonyl (C=O) groups excluding carboxylic acids is 1. The lowest BCUT2D eigenvalue weighted by atomic mass is 10.0. The third kappa shape index (κ3) is 4.21. The first-order valence-corrected chi connectivity index (χ1v) is 11.3. The zero-order chi connectivity index (χ0) is 23.7. The molecule has 5 rings (SSSR count). The first kappa shape index (κ1) is 21.9. The second-order valence-corrected chi connectivity index (χ2v) is 8.58. The van der Waals surface area contributed by atoms with Gasteiger partial charge in [0.25, 0.3) is 0 Å². The van der Waals surface area contributed by atoms with Crippen molar-refractivity contribution in [3.8, 4) is 11.3 Å². The minimum absolute atomic E-state index is 0.0923. The van der Waals surface area contributed by atoms with Crippen LogP contribution < -0.4 is 4.90 Å². The summed E-state index contributed by atoms with van der Waals surface area (Å²) in [7, 11) is 0. The Morgan fingerprint density at radius 3 is 2.41 bits per heavy atom. The second kappa shape index (κ2) is 9.17. The fourth-order valence-corrected chi connectivity index (χ4v) is 4.58. The zero-order valence-electron chi connectivity index (χ0n) is 18.8. The molecule has 7 heteroatoms. The molecule has 1 atom stereocenters. The first-order chi connectivity index (χ1) is 16.5. The molecule has 1 saturated heterocycles. The van der Waals surface area contributed by atoms with Crippen LogP contribution >= 0.6 is 0 Å². The SMILES string of the molecule is C[C@H]1CN(c2nnc(-c3ccccc3)c3ccccc23)CCN1C(=O)Cc1ccc(F)cc1F. The van der Waals surface area contributed by atoms with Gasteiger partial charge in [0.2, 0.25) is 5.91 Å². The molecule has 1 aliphatic heterocycles. The molecule has 0 N–H and O–H groups in total. The molecule has 0 radical (unpaired) electrons. The number of benzene rings is 3. The molecule has 2 heterocycles. The Morgan fingerprint density at radius 1 is 0.941 bits per heavy atom. The summed E-state index contributed by atoms with van der Waals surface area (Å²) in [6.45, 7) is 3.63. The van der Waals surface area contributed by atoms with Gasteiger partial charge >= 0.3 is 0 Å². The number of anilines is 1. The van der Waals surface area contributed by atoms with Gasteiger partial charge < -0.3 is 9.80 Å². The Hall–Kier alpha value is -3.87. The molecular weight excluding hydrogens is 434 g/mol. The molecule has 1 aromatic heterocycles. The Bertz CT molecular complexity index is 1350. The maximum atomic E-state index is 14.0. The fraction of sp³-hybridized carbons (Fsp3) is 0.222. The summed E-state index contributed by atoms with van der Waals surface area (Å²) in [6.07, 6.45) is -0.0923. The summed E-state index contributed by atoms with van der Waals surface area (Å²) in [5, 5.41) is 11.2. The van der Waals surface area contributed by atoms with E-state index in [-0.39, 0.29) is 23.9 Å². The van der Waals surface area contributed by atoms with Gasteiger partial charge in [-0.25, -0.2) is 8.78 Å². The van der Waals surface area contributed by atoms with Crippen LogP contribution in [0.3, 0.4) is 0 Å². The van der Waals surface area contributed by atoms with Crippen LogP contribution in [-0.2, 0) is 11.2 Å². The number of fused-ring (bicyclic) bond motifs is 1. The van der Waals surface area contributed by atoms with Gasteiger partial charge in [0, 0.05) is 48.1 Å². The maximum absolute atomic E-state index is 14.0. The molecule has 5 nitrogen and oxygen atoms in total. The molecule has 3 aromatic carbocycles. The van der Waals surface area contributed by atoms with E-state index in [2.05, 4.69) is 21.2 Å². The number of aromatic nitrogens is 2. The third-order valence-corrected chi connectivity index (χ3v) is 6.32. The quantitative estimate of drug-likeness (QED) is 0.439. The van der Waals surface area contributed by atoms with Crippen molar-refractivity contribution in [3.05, 3.63) is 90.0 Å². The normalized spacial score (nSPS) is 16.1. The predicted octanol–water partition coefficient (Wildman–Crippen LogP) is 4.85. The first-order valence-electron chi connectivity index (χ1n) is 11.3. The smallest absolute Gasteiger partial charge is 0.227 e. The lowest BCUT2D eigenvalue weighted by Crippen LogP contribution is -2.54. The Morgan fingerprint density at radius 2 is 1.68 bits per heavy atom.